The van der Waals surface area contributed by atoms with E-state index >= 15 is 0 Å². The molecule has 0 bridgehead atoms. The summed E-state index contributed by atoms with van der Waals surface area (Å²) in [6.45, 7) is 8.24. The van der Waals surface area contributed by atoms with Crippen molar-refractivity contribution in [1.82, 2.24) is 5.43 Å². The fourth-order valence-corrected chi connectivity index (χ4v) is 2.45. The minimum atomic E-state index is -0.245. The number of ether oxygens (including phenoxy) is 2. The standard InChI is InChI=1S/C21H26N2O3/c1-14(16-9-12-18(25-5)19(13-16)26-6)22-23-20(24)15-7-10-17(11-8-15)21(2,3)4/h7-13H,1-6H3,(H,23,24)/b22-14+. The average Bonchev–Trinajstić information content (AvgIpc) is 2.64. The van der Waals surface area contributed by atoms with Gasteiger partial charge in [-0.1, -0.05) is 32.9 Å². The Morgan fingerprint density at radius 3 is 2.04 bits per heavy atom. The van der Waals surface area contributed by atoms with Gasteiger partial charge in [-0.25, -0.2) is 5.43 Å². The van der Waals surface area contributed by atoms with Gasteiger partial charge in [0.1, 0.15) is 0 Å². The first-order valence-electron chi connectivity index (χ1n) is 8.44. The Kier molecular flexibility index (Phi) is 6.03. The predicted octanol–water partition coefficient (Wildman–Crippen LogP) is 4.16. The van der Waals surface area contributed by atoms with E-state index in [1.807, 2.05) is 43.3 Å². The molecule has 0 saturated carbocycles. The van der Waals surface area contributed by atoms with Crippen molar-refractivity contribution in [3.63, 3.8) is 0 Å². The van der Waals surface area contributed by atoms with Gasteiger partial charge in [0.05, 0.1) is 19.9 Å². The summed E-state index contributed by atoms with van der Waals surface area (Å²) in [5.74, 6) is 1.01. The number of amides is 1. The lowest BCUT2D eigenvalue weighted by molar-refractivity contribution is 0.0955. The van der Waals surface area contributed by atoms with Gasteiger partial charge in [0.25, 0.3) is 5.91 Å². The number of rotatable bonds is 5. The zero-order valence-corrected chi connectivity index (χ0v) is 16.2. The average molecular weight is 354 g/mol. The Morgan fingerprint density at radius 1 is 0.923 bits per heavy atom. The van der Waals surface area contributed by atoms with Gasteiger partial charge in [0.15, 0.2) is 11.5 Å². The molecule has 0 aliphatic heterocycles. The molecule has 0 atom stereocenters. The van der Waals surface area contributed by atoms with Crippen LogP contribution in [0.5, 0.6) is 11.5 Å². The molecule has 2 aromatic rings. The Labute approximate surface area is 155 Å². The van der Waals surface area contributed by atoms with E-state index in [0.29, 0.717) is 22.8 Å². The lowest BCUT2D eigenvalue weighted by Crippen LogP contribution is -2.20. The summed E-state index contributed by atoms with van der Waals surface area (Å²) < 4.78 is 10.5. The molecule has 0 radical (unpaired) electrons. The molecule has 0 spiro atoms. The normalized spacial score (nSPS) is 11.8. The van der Waals surface area contributed by atoms with Crippen LogP contribution in [0.2, 0.25) is 0 Å². The summed E-state index contributed by atoms with van der Waals surface area (Å²) in [5, 5.41) is 4.19. The van der Waals surface area contributed by atoms with E-state index in [1.54, 1.807) is 20.3 Å². The van der Waals surface area contributed by atoms with E-state index in [4.69, 9.17) is 9.47 Å². The molecule has 5 nitrogen and oxygen atoms in total. The van der Waals surface area contributed by atoms with Crippen LogP contribution < -0.4 is 14.9 Å². The summed E-state index contributed by atoms with van der Waals surface area (Å²) in [7, 11) is 3.17. The maximum absolute atomic E-state index is 12.3. The number of nitrogens with zero attached hydrogens (tertiary/aromatic N) is 1. The zero-order chi connectivity index (χ0) is 19.3. The molecular weight excluding hydrogens is 328 g/mol. The van der Waals surface area contributed by atoms with E-state index in [-0.39, 0.29) is 11.3 Å². The summed E-state index contributed by atoms with van der Waals surface area (Å²) >= 11 is 0. The first-order chi connectivity index (χ1) is 12.3. The van der Waals surface area contributed by atoms with E-state index in [0.717, 1.165) is 5.56 Å². The third kappa shape index (κ3) is 4.63. The van der Waals surface area contributed by atoms with Crippen LogP contribution in [0.1, 0.15) is 49.2 Å². The fourth-order valence-electron chi connectivity index (χ4n) is 2.45. The van der Waals surface area contributed by atoms with Crippen molar-refractivity contribution in [3.05, 3.63) is 59.2 Å². The second-order valence-corrected chi connectivity index (χ2v) is 7.04. The topological polar surface area (TPSA) is 59.9 Å². The zero-order valence-electron chi connectivity index (χ0n) is 16.2. The second-order valence-electron chi connectivity index (χ2n) is 7.04. The van der Waals surface area contributed by atoms with Crippen LogP contribution >= 0.6 is 0 Å². The Hall–Kier alpha value is -2.82. The third-order valence-corrected chi connectivity index (χ3v) is 4.14. The first kappa shape index (κ1) is 19.5. The van der Waals surface area contributed by atoms with Crippen LogP contribution in [0.25, 0.3) is 0 Å². The molecule has 0 unspecified atom stereocenters. The quantitative estimate of drug-likeness (QED) is 0.648. The summed E-state index contributed by atoms with van der Waals surface area (Å²) in [5.41, 5.74) is 5.91. The minimum Gasteiger partial charge on any atom is -0.493 e. The van der Waals surface area contributed by atoms with Gasteiger partial charge in [0.2, 0.25) is 0 Å². The molecule has 1 amide bonds. The van der Waals surface area contributed by atoms with Crippen LogP contribution in [0.3, 0.4) is 0 Å². The highest BCUT2D eigenvalue weighted by Crippen LogP contribution is 2.27. The number of carbonyl (C=O) groups is 1. The SMILES string of the molecule is COc1ccc(/C(C)=N/NC(=O)c2ccc(C(C)(C)C)cc2)cc1OC. The van der Waals surface area contributed by atoms with Crippen LogP contribution in [0, 0.1) is 0 Å². The highest BCUT2D eigenvalue weighted by atomic mass is 16.5. The maximum atomic E-state index is 12.3. The number of nitrogens with one attached hydrogen (secondary N) is 1. The van der Waals surface area contributed by atoms with Gasteiger partial charge in [-0.15, -0.1) is 0 Å². The monoisotopic (exact) mass is 354 g/mol. The number of hydrazone groups is 1. The molecule has 0 aliphatic rings. The largest absolute Gasteiger partial charge is 0.493 e. The number of carbonyl (C=O) groups excluding carboxylic acids is 1. The van der Waals surface area contributed by atoms with E-state index in [9.17, 15) is 4.79 Å². The Balaban J connectivity index is 2.12. The summed E-state index contributed by atoms with van der Waals surface area (Å²) in [6, 6.07) is 13.1. The molecular formula is C21H26N2O3. The molecule has 5 heteroatoms. The molecule has 0 heterocycles. The van der Waals surface area contributed by atoms with Crippen molar-refractivity contribution >= 4 is 11.6 Å². The van der Waals surface area contributed by atoms with Crippen LogP contribution in [-0.4, -0.2) is 25.8 Å². The fraction of sp³-hybridized carbons (Fsp3) is 0.333. The van der Waals surface area contributed by atoms with Crippen molar-refractivity contribution < 1.29 is 14.3 Å². The predicted molar refractivity (Wildman–Crippen MR) is 104 cm³/mol. The van der Waals surface area contributed by atoms with Crippen molar-refractivity contribution in [3.8, 4) is 11.5 Å². The van der Waals surface area contributed by atoms with Crippen molar-refractivity contribution in [1.29, 1.82) is 0 Å². The smallest absolute Gasteiger partial charge is 0.271 e. The lowest BCUT2D eigenvalue weighted by atomic mass is 9.87. The molecule has 1 N–H and O–H groups in total. The number of methoxy groups -OCH3 is 2. The lowest BCUT2D eigenvalue weighted by Gasteiger charge is -2.18. The second kappa shape index (κ2) is 8.04. The van der Waals surface area contributed by atoms with Gasteiger partial charge in [-0.05, 0) is 48.2 Å². The number of hydrogen-bond donors (Lipinski definition) is 1. The number of benzene rings is 2. The van der Waals surface area contributed by atoms with Crippen molar-refractivity contribution in [2.24, 2.45) is 5.10 Å². The van der Waals surface area contributed by atoms with E-state index in [2.05, 4.69) is 31.3 Å². The Bertz CT molecular complexity index is 803. The first-order valence-corrected chi connectivity index (χ1v) is 8.44. The van der Waals surface area contributed by atoms with Gasteiger partial charge >= 0.3 is 0 Å². The molecule has 138 valence electrons. The third-order valence-electron chi connectivity index (χ3n) is 4.14. The summed E-state index contributed by atoms with van der Waals surface area (Å²) in [6.07, 6.45) is 0. The molecule has 0 aliphatic carbocycles. The maximum Gasteiger partial charge on any atom is 0.271 e. The van der Waals surface area contributed by atoms with Crippen molar-refractivity contribution in [2.45, 2.75) is 33.1 Å². The summed E-state index contributed by atoms with van der Waals surface area (Å²) in [4.78, 5) is 12.3. The molecule has 2 aromatic carbocycles. The van der Waals surface area contributed by atoms with Crippen LogP contribution in [-0.2, 0) is 5.41 Å². The Morgan fingerprint density at radius 2 is 1.50 bits per heavy atom. The van der Waals surface area contributed by atoms with E-state index < -0.39 is 0 Å². The molecule has 2 rings (SSSR count). The van der Waals surface area contributed by atoms with Crippen LogP contribution in [0.15, 0.2) is 47.6 Å². The van der Waals surface area contributed by atoms with Gasteiger partial charge < -0.3 is 9.47 Å². The van der Waals surface area contributed by atoms with Gasteiger partial charge in [-0.2, -0.15) is 5.10 Å². The highest BCUT2D eigenvalue weighted by Gasteiger charge is 2.14. The highest BCUT2D eigenvalue weighted by molar-refractivity contribution is 6.01. The molecule has 0 fully saturated rings. The molecule has 0 saturated heterocycles. The van der Waals surface area contributed by atoms with Gasteiger partial charge in [-0.3, -0.25) is 4.79 Å². The minimum absolute atomic E-state index is 0.0527. The molecule has 0 aromatic heterocycles. The van der Waals surface area contributed by atoms with E-state index in [1.165, 1.54) is 5.56 Å². The van der Waals surface area contributed by atoms with Crippen molar-refractivity contribution in [2.75, 3.05) is 14.2 Å². The van der Waals surface area contributed by atoms with Crippen LogP contribution in [0.4, 0.5) is 0 Å². The number of hydrogen-bond acceptors (Lipinski definition) is 4. The molecule has 26 heavy (non-hydrogen) atoms. The van der Waals surface area contributed by atoms with Gasteiger partial charge in [0, 0.05) is 11.1 Å².